The Morgan fingerprint density at radius 1 is 1.16 bits per heavy atom. The summed E-state index contributed by atoms with van der Waals surface area (Å²) in [4.78, 5) is 9.90. The molecule has 2 aromatic rings. The standard InChI is InChI=1S/C17H20N2O5S/c1-13-8-9-16(14(2)12-13)24-11-5-10-18-25(22,23)17-7-4-3-6-15(17)19(20)21/h3-4,6-9,12,18H,5,10-11H2,1-2H3. The Morgan fingerprint density at radius 2 is 1.88 bits per heavy atom. The highest BCUT2D eigenvalue weighted by atomic mass is 32.2. The maximum atomic E-state index is 12.2. The molecule has 0 amide bonds. The molecule has 0 aliphatic rings. The Morgan fingerprint density at radius 3 is 2.56 bits per heavy atom. The maximum absolute atomic E-state index is 12.2. The smallest absolute Gasteiger partial charge is 0.289 e. The first-order valence-corrected chi connectivity index (χ1v) is 9.23. The van der Waals surface area contributed by atoms with E-state index >= 15 is 0 Å². The Bertz CT molecular complexity index is 865. The van der Waals surface area contributed by atoms with E-state index in [1.807, 2.05) is 32.0 Å². The van der Waals surface area contributed by atoms with Gasteiger partial charge in [0.15, 0.2) is 4.90 Å². The molecule has 2 rings (SSSR count). The van der Waals surface area contributed by atoms with Crippen molar-refractivity contribution in [3.05, 3.63) is 63.7 Å². The lowest BCUT2D eigenvalue weighted by molar-refractivity contribution is -0.387. The Hall–Kier alpha value is -2.45. The van der Waals surface area contributed by atoms with Gasteiger partial charge < -0.3 is 4.74 Å². The van der Waals surface area contributed by atoms with Gasteiger partial charge in [0.05, 0.1) is 11.5 Å². The lowest BCUT2D eigenvalue weighted by Gasteiger charge is -2.10. The maximum Gasteiger partial charge on any atom is 0.289 e. The molecule has 0 unspecified atom stereocenters. The molecule has 0 saturated heterocycles. The molecule has 0 saturated carbocycles. The van der Waals surface area contributed by atoms with Crippen LogP contribution in [0.5, 0.6) is 5.75 Å². The summed E-state index contributed by atoms with van der Waals surface area (Å²) in [5.41, 5.74) is 1.71. The number of benzene rings is 2. The van der Waals surface area contributed by atoms with Gasteiger partial charge in [0.1, 0.15) is 5.75 Å². The Labute approximate surface area is 146 Å². The van der Waals surface area contributed by atoms with E-state index in [1.165, 1.54) is 18.2 Å². The van der Waals surface area contributed by atoms with Crippen LogP contribution in [0.1, 0.15) is 17.5 Å². The fraction of sp³-hybridized carbons (Fsp3) is 0.294. The van der Waals surface area contributed by atoms with Gasteiger partial charge in [-0.25, -0.2) is 13.1 Å². The predicted molar refractivity (Wildman–Crippen MR) is 94.3 cm³/mol. The van der Waals surface area contributed by atoms with E-state index < -0.39 is 20.6 Å². The molecule has 0 spiro atoms. The summed E-state index contributed by atoms with van der Waals surface area (Å²) in [7, 11) is -3.94. The minimum atomic E-state index is -3.94. The molecule has 0 heterocycles. The van der Waals surface area contributed by atoms with Gasteiger partial charge in [-0.05, 0) is 38.0 Å². The van der Waals surface area contributed by atoms with Gasteiger partial charge in [-0.3, -0.25) is 10.1 Å². The second kappa shape index (κ2) is 8.09. The number of aryl methyl sites for hydroxylation is 2. The van der Waals surface area contributed by atoms with Gasteiger partial charge in [0, 0.05) is 12.6 Å². The van der Waals surface area contributed by atoms with Gasteiger partial charge in [-0.2, -0.15) is 0 Å². The average molecular weight is 364 g/mol. The van der Waals surface area contributed by atoms with Crippen molar-refractivity contribution in [2.45, 2.75) is 25.2 Å². The molecular formula is C17H20N2O5S. The van der Waals surface area contributed by atoms with Crippen molar-refractivity contribution in [3.63, 3.8) is 0 Å². The quantitative estimate of drug-likeness (QED) is 0.441. The molecule has 0 aromatic heterocycles. The summed E-state index contributed by atoms with van der Waals surface area (Å²) < 4.78 is 32.5. The van der Waals surface area contributed by atoms with Crippen LogP contribution in [0.15, 0.2) is 47.4 Å². The number of nitrogens with one attached hydrogen (secondary N) is 1. The number of hydrogen-bond donors (Lipinski definition) is 1. The molecule has 25 heavy (non-hydrogen) atoms. The van der Waals surface area contributed by atoms with E-state index in [9.17, 15) is 18.5 Å². The first kappa shape index (κ1) is 18.9. The van der Waals surface area contributed by atoms with Crippen LogP contribution in [0, 0.1) is 24.0 Å². The molecule has 7 nitrogen and oxygen atoms in total. The topological polar surface area (TPSA) is 98.5 Å². The number of rotatable bonds is 8. The molecule has 8 heteroatoms. The fourth-order valence-electron chi connectivity index (χ4n) is 2.34. The van der Waals surface area contributed by atoms with Crippen molar-refractivity contribution in [1.29, 1.82) is 0 Å². The van der Waals surface area contributed by atoms with E-state index in [4.69, 9.17) is 4.74 Å². The number of nitro benzene ring substituents is 1. The molecule has 2 aromatic carbocycles. The van der Waals surface area contributed by atoms with Crippen molar-refractivity contribution in [1.82, 2.24) is 4.72 Å². The third-order valence-corrected chi connectivity index (χ3v) is 5.06. The highest BCUT2D eigenvalue weighted by molar-refractivity contribution is 7.89. The van der Waals surface area contributed by atoms with E-state index in [1.54, 1.807) is 0 Å². The molecule has 0 aliphatic heterocycles. The Balaban J connectivity index is 1.90. The summed E-state index contributed by atoms with van der Waals surface area (Å²) in [5.74, 6) is 0.757. The third kappa shape index (κ3) is 5.01. The number of nitro groups is 1. The number of ether oxygens (including phenoxy) is 1. The number of para-hydroxylation sites is 1. The lowest BCUT2D eigenvalue weighted by Crippen LogP contribution is -2.26. The molecule has 134 valence electrons. The minimum absolute atomic E-state index is 0.124. The van der Waals surface area contributed by atoms with E-state index in [0.717, 1.165) is 22.9 Å². The molecule has 0 aliphatic carbocycles. The first-order valence-electron chi connectivity index (χ1n) is 7.74. The van der Waals surface area contributed by atoms with Crippen molar-refractivity contribution < 1.29 is 18.1 Å². The summed E-state index contributed by atoms with van der Waals surface area (Å²) >= 11 is 0. The summed E-state index contributed by atoms with van der Waals surface area (Å²) in [6, 6.07) is 11.1. The molecule has 0 fully saturated rings. The van der Waals surface area contributed by atoms with Crippen LogP contribution < -0.4 is 9.46 Å². The van der Waals surface area contributed by atoms with Crippen LogP contribution in [0.2, 0.25) is 0 Å². The van der Waals surface area contributed by atoms with Crippen molar-refractivity contribution in [2.24, 2.45) is 0 Å². The van der Waals surface area contributed by atoms with Crippen molar-refractivity contribution >= 4 is 15.7 Å². The molecule has 0 atom stereocenters. The second-order valence-electron chi connectivity index (χ2n) is 5.59. The monoisotopic (exact) mass is 364 g/mol. The van der Waals surface area contributed by atoms with Crippen molar-refractivity contribution in [3.8, 4) is 5.75 Å². The minimum Gasteiger partial charge on any atom is -0.493 e. The molecule has 1 N–H and O–H groups in total. The molecule has 0 bridgehead atoms. The predicted octanol–water partition coefficient (Wildman–Crippen LogP) is 2.96. The third-order valence-electron chi connectivity index (χ3n) is 3.55. The first-order chi connectivity index (χ1) is 11.8. The summed E-state index contributed by atoms with van der Waals surface area (Å²) in [6.45, 7) is 4.40. The highest BCUT2D eigenvalue weighted by Gasteiger charge is 2.24. The zero-order valence-electron chi connectivity index (χ0n) is 14.1. The van der Waals surface area contributed by atoms with Crippen LogP contribution >= 0.6 is 0 Å². The second-order valence-corrected chi connectivity index (χ2v) is 7.33. The van der Waals surface area contributed by atoms with E-state index in [2.05, 4.69) is 4.72 Å². The van der Waals surface area contributed by atoms with Crippen LogP contribution in [0.3, 0.4) is 0 Å². The van der Waals surface area contributed by atoms with Gasteiger partial charge in [-0.15, -0.1) is 0 Å². The van der Waals surface area contributed by atoms with E-state index in [0.29, 0.717) is 13.0 Å². The lowest BCUT2D eigenvalue weighted by atomic mass is 10.1. The van der Waals surface area contributed by atoms with Crippen LogP contribution in [-0.2, 0) is 10.0 Å². The van der Waals surface area contributed by atoms with Gasteiger partial charge >= 0.3 is 0 Å². The van der Waals surface area contributed by atoms with Crippen molar-refractivity contribution in [2.75, 3.05) is 13.2 Å². The highest BCUT2D eigenvalue weighted by Crippen LogP contribution is 2.22. The van der Waals surface area contributed by atoms with Gasteiger partial charge in [-0.1, -0.05) is 29.8 Å². The normalized spacial score (nSPS) is 11.3. The largest absolute Gasteiger partial charge is 0.493 e. The fourth-order valence-corrected chi connectivity index (χ4v) is 3.58. The van der Waals surface area contributed by atoms with Crippen LogP contribution in [0.25, 0.3) is 0 Å². The van der Waals surface area contributed by atoms with E-state index in [-0.39, 0.29) is 11.4 Å². The zero-order chi connectivity index (χ0) is 18.4. The van der Waals surface area contributed by atoms with Gasteiger partial charge in [0.2, 0.25) is 10.0 Å². The number of hydrogen-bond acceptors (Lipinski definition) is 5. The van der Waals surface area contributed by atoms with Crippen LogP contribution in [0.4, 0.5) is 5.69 Å². The molecular weight excluding hydrogens is 344 g/mol. The Kier molecular flexibility index (Phi) is 6.11. The SMILES string of the molecule is Cc1ccc(OCCCNS(=O)(=O)c2ccccc2[N+](=O)[O-])c(C)c1. The van der Waals surface area contributed by atoms with Gasteiger partial charge in [0.25, 0.3) is 5.69 Å². The molecule has 0 radical (unpaired) electrons. The number of sulfonamides is 1. The average Bonchev–Trinajstić information content (AvgIpc) is 2.56. The van der Waals surface area contributed by atoms with Crippen LogP contribution in [-0.4, -0.2) is 26.5 Å². The summed E-state index contributed by atoms with van der Waals surface area (Å²) in [6.07, 6.45) is 0.438. The number of nitrogens with zero attached hydrogens (tertiary/aromatic N) is 1. The summed E-state index contributed by atoms with van der Waals surface area (Å²) in [5, 5.41) is 11.0. The zero-order valence-corrected chi connectivity index (χ0v) is 14.9.